The number of fused-ring (bicyclic) bond motifs is 3. The van der Waals surface area contributed by atoms with E-state index in [1.807, 2.05) is 0 Å². The highest BCUT2D eigenvalue weighted by Gasteiger charge is 2.44. The van der Waals surface area contributed by atoms with Crippen molar-refractivity contribution in [2.45, 2.75) is 31.8 Å². The topological polar surface area (TPSA) is 103 Å². The maximum atomic E-state index is 14.2. The molecule has 0 saturated carbocycles. The van der Waals surface area contributed by atoms with Gasteiger partial charge in [-0.3, -0.25) is 9.59 Å². The zero-order valence-electron chi connectivity index (χ0n) is 16.8. The Morgan fingerprint density at radius 1 is 1.13 bits per heavy atom. The van der Waals surface area contributed by atoms with E-state index in [0.717, 1.165) is 10.6 Å². The highest BCUT2D eigenvalue weighted by Crippen LogP contribution is 2.49. The van der Waals surface area contributed by atoms with Gasteiger partial charge in [0.05, 0.1) is 12.6 Å². The number of hydrogen-bond acceptors (Lipinski definition) is 5. The number of ketones is 2. The number of benzene rings is 1. The van der Waals surface area contributed by atoms with E-state index in [2.05, 4.69) is 0 Å². The van der Waals surface area contributed by atoms with Crippen molar-refractivity contribution in [2.24, 2.45) is 7.05 Å². The maximum Gasteiger partial charge on any atom is 0.347 e. The molecule has 0 amide bonds. The van der Waals surface area contributed by atoms with E-state index in [-0.39, 0.29) is 35.7 Å². The molecule has 2 heterocycles. The lowest BCUT2D eigenvalue weighted by Gasteiger charge is -2.39. The van der Waals surface area contributed by atoms with E-state index in [1.54, 1.807) is 13.0 Å². The smallest absolute Gasteiger partial charge is 0.347 e. The van der Waals surface area contributed by atoms with Gasteiger partial charge in [-0.15, -0.1) is 0 Å². The molecular formula is C22H18FN3O5. The molecule has 5 rings (SSSR count). The van der Waals surface area contributed by atoms with Gasteiger partial charge in [0.15, 0.2) is 23.1 Å². The van der Waals surface area contributed by atoms with E-state index in [4.69, 9.17) is 0 Å². The third-order valence-corrected chi connectivity index (χ3v) is 6.33. The Kier molecular flexibility index (Phi) is 3.95. The standard InChI is InChI=1S/C22H18FN3O5/c1-10-7-17(28)19-13(20(10)29)9-15-12(18(19)11-3-4-16(27)14(23)8-11)5-6-25-21(30)24(2)22(31)26(15)25/h3-5,7-8,15,18,27H,6,9H2,1-2H3/t15-,18+/m1/s1. The third kappa shape index (κ3) is 2.52. The summed E-state index contributed by atoms with van der Waals surface area (Å²) in [6, 6.07) is 3.15. The first-order valence-electron chi connectivity index (χ1n) is 9.77. The highest BCUT2D eigenvalue weighted by molar-refractivity contribution is 6.23. The molecule has 1 aromatic carbocycles. The quantitative estimate of drug-likeness (QED) is 0.549. The molecule has 8 nitrogen and oxygen atoms in total. The maximum absolute atomic E-state index is 14.2. The molecule has 0 radical (unpaired) electrons. The van der Waals surface area contributed by atoms with Crippen LogP contribution in [-0.4, -0.2) is 30.6 Å². The first kappa shape index (κ1) is 19.2. The predicted molar refractivity (Wildman–Crippen MR) is 107 cm³/mol. The molecule has 0 bridgehead atoms. The summed E-state index contributed by atoms with van der Waals surface area (Å²) in [7, 11) is 1.38. The Morgan fingerprint density at radius 3 is 2.58 bits per heavy atom. The fourth-order valence-electron chi connectivity index (χ4n) is 4.85. The van der Waals surface area contributed by atoms with Crippen LogP contribution in [0.5, 0.6) is 5.75 Å². The van der Waals surface area contributed by atoms with E-state index >= 15 is 0 Å². The molecule has 2 atom stereocenters. The van der Waals surface area contributed by atoms with Crippen LogP contribution >= 0.6 is 0 Å². The van der Waals surface area contributed by atoms with Gasteiger partial charge in [-0.05, 0) is 36.3 Å². The number of allylic oxidation sites excluding steroid dienone is 6. The molecule has 2 aliphatic carbocycles. The zero-order chi connectivity index (χ0) is 22.2. The molecule has 9 heteroatoms. The molecule has 31 heavy (non-hydrogen) atoms. The number of nitrogens with zero attached hydrogens (tertiary/aromatic N) is 3. The monoisotopic (exact) mass is 423 g/mol. The zero-order valence-corrected chi connectivity index (χ0v) is 16.8. The molecule has 1 N–H and O–H groups in total. The minimum atomic E-state index is -0.853. The molecule has 1 aliphatic heterocycles. The van der Waals surface area contributed by atoms with Crippen LogP contribution in [0.2, 0.25) is 0 Å². The molecule has 158 valence electrons. The first-order chi connectivity index (χ1) is 14.7. The summed E-state index contributed by atoms with van der Waals surface area (Å²) in [6.45, 7) is 1.66. The Labute approximate surface area is 174 Å². The van der Waals surface area contributed by atoms with Crippen molar-refractivity contribution in [1.29, 1.82) is 0 Å². The Balaban J connectivity index is 1.80. The number of aromatic hydroxyl groups is 1. The fraction of sp³-hybridized carbons (Fsp3) is 0.273. The van der Waals surface area contributed by atoms with Gasteiger partial charge in [0.25, 0.3) is 0 Å². The van der Waals surface area contributed by atoms with Crippen molar-refractivity contribution in [2.75, 3.05) is 0 Å². The lowest BCUT2D eigenvalue weighted by molar-refractivity contribution is -0.116. The van der Waals surface area contributed by atoms with Gasteiger partial charge in [-0.25, -0.2) is 27.9 Å². The number of Topliss-reactive ketones (excluding diaryl/α,β-unsaturated/α-hetero) is 1. The minimum absolute atomic E-state index is 0.0807. The second-order valence-corrected chi connectivity index (χ2v) is 8.03. The molecule has 0 fully saturated rings. The van der Waals surface area contributed by atoms with Crippen LogP contribution in [0.4, 0.5) is 4.39 Å². The lowest BCUT2D eigenvalue weighted by atomic mass is 9.68. The summed E-state index contributed by atoms with van der Waals surface area (Å²) < 4.78 is 17.8. The molecule has 0 unspecified atom stereocenters. The van der Waals surface area contributed by atoms with Gasteiger partial charge >= 0.3 is 11.4 Å². The first-order valence-corrected chi connectivity index (χ1v) is 9.77. The molecule has 0 spiro atoms. The van der Waals surface area contributed by atoms with Gasteiger partial charge in [-0.2, -0.15) is 0 Å². The van der Waals surface area contributed by atoms with Crippen LogP contribution in [-0.2, 0) is 23.2 Å². The molecule has 3 aliphatic rings. The van der Waals surface area contributed by atoms with E-state index in [0.29, 0.717) is 16.7 Å². The average molecular weight is 423 g/mol. The van der Waals surface area contributed by atoms with Crippen molar-refractivity contribution in [3.05, 3.63) is 85.0 Å². The van der Waals surface area contributed by atoms with Gasteiger partial charge < -0.3 is 5.11 Å². The lowest BCUT2D eigenvalue weighted by Crippen LogP contribution is -2.40. The molecule has 2 aromatic rings. The fourth-order valence-corrected chi connectivity index (χ4v) is 4.85. The van der Waals surface area contributed by atoms with Gasteiger partial charge in [0, 0.05) is 36.1 Å². The van der Waals surface area contributed by atoms with Crippen LogP contribution < -0.4 is 11.4 Å². The average Bonchev–Trinajstić information content (AvgIpc) is 2.97. The van der Waals surface area contributed by atoms with Crippen LogP contribution in [0.1, 0.15) is 30.9 Å². The number of phenols is 1. The van der Waals surface area contributed by atoms with Crippen LogP contribution in [0.3, 0.4) is 0 Å². The minimum Gasteiger partial charge on any atom is -0.505 e. The van der Waals surface area contributed by atoms with Crippen LogP contribution in [0.15, 0.2) is 62.2 Å². The number of rotatable bonds is 1. The Morgan fingerprint density at radius 2 is 1.87 bits per heavy atom. The van der Waals surface area contributed by atoms with Crippen molar-refractivity contribution in [1.82, 2.24) is 13.9 Å². The van der Waals surface area contributed by atoms with Crippen molar-refractivity contribution < 1.29 is 19.1 Å². The summed E-state index contributed by atoms with van der Waals surface area (Å²) in [4.78, 5) is 51.2. The largest absolute Gasteiger partial charge is 0.505 e. The Bertz CT molecular complexity index is 1420. The van der Waals surface area contributed by atoms with Gasteiger partial charge in [0.2, 0.25) is 0 Å². The number of halogens is 1. The SMILES string of the molecule is CC1=CC(=O)C2=C(C[C@@H]3C(=CCn4c(=O)n(C)c(=O)n43)[C@@H]2c2ccc(O)c(F)c2)C1=O. The van der Waals surface area contributed by atoms with Crippen LogP contribution in [0.25, 0.3) is 0 Å². The summed E-state index contributed by atoms with van der Waals surface area (Å²) in [5, 5.41) is 9.62. The van der Waals surface area contributed by atoms with Gasteiger partial charge in [0.1, 0.15) is 0 Å². The summed E-state index contributed by atoms with van der Waals surface area (Å²) in [5.41, 5.74) is 0.834. The second kappa shape index (κ2) is 6.37. The third-order valence-electron chi connectivity index (χ3n) is 6.33. The van der Waals surface area contributed by atoms with Crippen molar-refractivity contribution in [3.8, 4) is 5.75 Å². The number of phenolic OH excluding ortho intramolecular Hbond substituents is 1. The van der Waals surface area contributed by atoms with Crippen molar-refractivity contribution >= 4 is 11.6 Å². The molecular weight excluding hydrogens is 405 g/mol. The van der Waals surface area contributed by atoms with Gasteiger partial charge in [-0.1, -0.05) is 12.1 Å². The highest BCUT2D eigenvalue weighted by atomic mass is 19.1. The number of hydrogen-bond donors (Lipinski definition) is 1. The second-order valence-electron chi connectivity index (χ2n) is 8.03. The summed E-state index contributed by atoms with van der Waals surface area (Å²) in [5.74, 6) is -2.80. The van der Waals surface area contributed by atoms with E-state index < -0.39 is 34.9 Å². The number of carbonyl (C=O) groups excluding carboxylic acids is 2. The van der Waals surface area contributed by atoms with Crippen LogP contribution in [0, 0.1) is 5.82 Å². The Hall–Kier alpha value is -3.75. The molecule has 0 saturated heterocycles. The number of carbonyl (C=O) groups is 2. The summed E-state index contributed by atoms with van der Waals surface area (Å²) in [6.07, 6.45) is 3.12. The normalized spacial score (nSPS) is 22.5. The summed E-state index contributed by atoms with van der Waals surface area (Å²) >= 11 is 0. The van der Waals surface area contributed by atoms with Crippen molar-refractivity contribution in [3.63, 3.8) is 0 Å². The van der Waals surface area contributed by atoms with E-state index in [9.17, 15) is 28.7 Å². The predicted octanol–water partition coefficient (Wildman–Crippen LogP) is 1.26. The molecule has 1 aromatic heterocycles. The number of aromatic nitrogens is 3. The van der Waals surface area contributed by atoms with E-state index in [1.165, 1.54) is 34.6 Å².